The zero-order valence-corrected chi connectivity index (χ0v) is 11.7. The summed E-state index contributed by atoms with van der Waals surface area (Å²) >= 11 is 1.29. The van der Waals surface area contributed by atoms with E-state index in [-0.39, 0.29) is 0 Å². The van der Waals surface area contributed by atoms with Crippen molar-refractivity contribution in [3.8, 4) is 0 Å². The Morgan fingerprint density at radius 2 is 2.22 bits per heavy atom. The lowest BCUT2D eigenvalue weighted by Crippen LogP contribution is -2.02. The lowest BCUT2D eigenvalue weighted by molar-refractivity contribution is 0.170. The highest BCUT2D eigenvalue weighted by atomic mass is 32.1. The van der Waals surface area contributed by atoms with Crippen LogP contribution in [0.3, 0.4) is 0 Å². The summed E-state index contributed by atoms with van der Waals surface area (Å²) in [7, 11) is 1.89. The van der Waals surface area contributed by atoms with Crippen LogP contribution >= 0.6 is 11.5 Å². The van der Waals surface area contributed by atoms with Crippen LogP contribution in [0.15, 0.2) is 12.4 Å². The van der Waals surface area contributed by atoms with E-state index < -0.39 is 6.10 Å². The van der Waals surface area contributed by atoms with E-state index in [0.717, 1.165) is 22.6 Å². The summed E-state index contributed by atoms with van der Waals surface area (Å²) < 4.78 is 5.71. The van der Waals surface area contributed by atoms with Crippen LogP contribution < -0.4 is 0 Å². The fraction of sp³-hybridized carbons (Fsp3) is 0.583. The molecule has 1 unspecified atom stereocenters. The molecule has 1 N–H and O–H groups in total. The third-order valence-electron chi connectivity index (χ3n) is 2.85. The molecule has 2 aromatic rings. The standard InChI is InChI=1S/C12H18N4OS/c1-8(2)11-12(18-15-14-11)10(17)5-4-9-6-13-16(3)7-9/h6-8,10,17H,4-5H2,1-3H3. The summed E-state index contributed by atoms with van der Waals surface area (Å²) in [5.74, 6) is 0.298. The fourth-order valence-corrected chi connectivity index (χ4v) is 2.70. The van der Waals surface area contributed by atoms with Crippen molar-refractivity contribution in [1.29, 1.82) is 0 Å². The van der Waals surface area contributed by atoms with Crippen LogP contribution in [-0.2, 0) is 13.5 Å². The molecular formula is C12H18N4OS. The molecule has 5 nitrogen and oxygen atoms in total. The van der Waals surface area contributed by atoms with Gasteiger partial charge < -0.3 is 5.11 Å². The van der Waals surface area contributed by atoms with Crippen molar-refractivity contribution >= 4 is 11.5 Å². The molecule has 98 valence electrons. The molecule has 1 atom stereocenters. The Kier molecular flexibility index (Phi) is 4.08. The molecule has 0 aliphatic rings. The lowest BCUT2D eigenvalue weighted by atomic mass is 10.0. The Bertz CT molecular complexity index is 506. The third kappa shape index (κ3) is 2.94. The molecule has 0 aliphatic carbocycles. The molecular weight excluding hydrogens is 248 g/mol. The van der Waals surface area contributed by atoms with Crippen LogP contribution in [0.2, 0.25) is 0 Å². The maximum atomic E-state index is 10.2. The van der Waals surface area contributed by atoms with Gasteiger partial charge in [0.1, 0.15) is 0 Å². The molecule has 0 radical (unpaired) electrons. The second-order valence-electron chi connectivity index (χ2n) is 4.75. The van der Waals surface area contributed by atoms with Crippen molar-refractivity contribution in [1.82, 2.24) is 19.4 Å². The summed E-state index contributed by atoms with van der Waals surface area (Å²) in [4.78, 5) is 0.897. The van der Waals surface area contributed by atoms with Crippen molar-refractivity contribution in [3.05, 3.63) is 28.5 Å². The van der Waals surface area contributed by atoms with Crippen molar-refractivity contribution in [2.24, 2.45) is 7.05 Å². The molecule has 2 rings (SSSR count). The minimum Gasteiger partial charge on any atom is -0.387 e. The zero-order valence-electron chi connectivity index (χ0n) is 10.9. The van der Waals surface area contributed by atoms with Gasteiger partial charge in [-0.3, -0.25) is 4.68 Å². The van der Waals surface area contributed by atoms with E-state index in [0.29, 0.717) is 12.3 Å². The molecule has 6 heteroatoms. The Hall–Kier alpha value is -1.27. The quantitative estimate of drug-likeness (QED) is 0.899. The van der Waals surface area contributed by atoms with Gasteiger partial charge in [0.2, 0.25) is 0 Å². The summed E-state index contributed by atoms with van der Waals surface area (Å²) in [5.41, 5.74) is 2.05. The van der Waals surface area contributed by atoms with E-state index in [4.69, 9.17) is 0 Å². The number of aliphatic hydroxyl groups is 1. The second kappa shape index (κ2) is 5.58. The fourth-order valence-electron chi connectivity index (χ4n) is 1.87. The minimum atomic E-state index is -0.484. The number of nitrogens with zero attached hydrogens (tertiary/aromatic N) is 4. The van der Waals surface area contributed by atoms with E-state index >= 15 is 0 Å². The average Bonchev–Trinajstić information content (AvgIpc) is 2.94. The Labute approximate surface area is 111 Å². The second-order valence-corrected chi connectivity index (χ2v) is 5.54. The first-order valence-electron chi connectivity index (χ1n) is 6.05. The van der Waals surface area contributed by atoms with Crippen LogP contribution in [0.1, 0.15) is 48.4 Å². The topological polar surface area (TPSA) is 63.8 Å². The van der Waals surface area contributed by atoms with Crippen molar-refractivity contribution in [2.75, 3.05) is 0 Å². The summed E-state index contributed by atoms with van der Waals surface area (Å²) in [5, 5.41) is 18.4. The van der Waals surface area contributed by atoms with E-state index in [9.17, 15) is 5.11 Å². The van der Waals surface area contributed by atoms with Crippen LogP contribution in [0.25, 0.3) is 0 Å². The monoisotopic (exact) mass is 266 g/mol. The van der Waals surface area contributed by atoms with E-state index in [1.54, 1.807) is 4.68 Å². The van der Waals surface area contributed by atoms with Crippen LogP contribution in [0, 0.1) is 0 Å². The predicted octanol–water partition coefficient (Wildman–Crippen LogP) is 2.06. The highest BCUT2D eigenvalue weighted by Crippen LogP contribution is 2.28. The third-order valence-corrected chi connectivity index (χ3v) is 3.70. The van der Waals surface area contributed by atoms with Gasteiger partial charge in [-0.15, -0.1) is 5.10 Å². The van der Waals surface area contributed by atoms with Gasteiger partial charge in [-0.2, -0.15) is 5.10 Å². The predicted molar refractivity (Wildman–Crippen MR) is 70.5 cm³/mol. The van der Waals surface area contributed by atoms with Gasteiger partial charge >= 0.3 is 0 Å². The van der Waals surface area contributed by atoms with Crippen LogP contribution in [0.4, 0.5) is 0 Å². The minimum absolute atomic E-state index is 0.298. The molecule has 0 aliphatic heterocycles. The number of hydrogen-bond acceptors (Lipinski definition) is 5. The first kappa shape index (κ1) is 13.2. The molecule has 18 heavy (non-hydrogen) atoms. The summed E-state index contributed by atoms with van der Waals surface area (Å²) in [6.07, 6.45) is 4.81. The number of aryl methyl sites for hydroxylation is 2. The van der Waals surface area contributed by atoms with Gasteiger partial charge in [-0.05, 0) is 35.9 Å². The smallest absolute Gasteiger partial charge is 0.0920 e. The Morgan fingerprint density at radius 3 is 2.83 bits per heavy atom. The molecule has 2 heterocycles. The van der Waals surface area contributed by atoms with Gasteiger partial charge in [0.05, 0.1) is 22.9 Å². The first-order chi connectivity index (χ1) is 8.58. The van der Waals surface area contributed by atoms with Crippen molar-refractivity contribution in [3.63, 3.8) is 0 Å². The van der Waals surface area contributed by atoms with Gasteiger partial charge in [-0.25, -0.2) is 0 Å². The molecule has 0 saturated heterocycles. The highest BCUT2D eigenvalue weighted by molar-refractivity contribution is 7.05. The Balaban J connectivity index is 1.99. The van der Waals surface area contributed by atoms with E-state index in [1.165, 1.54) is 11.5 Å². The maximum absolute atomic E-state index is 10.2. The summed E-state index contributed by atoms with van der Waals surface area (Å²) in [6, 6.07) is 0. The molecule has 0 spiro atoms. The number of aromatic nitrogens is 4. The van der Waals surface area contributed by atoms with Gasteiger partial charge in [0.25, 0.3) is 0 Å². The number of rotatable bonds is 5. The van der Waals surface area contributed by atoms with E-state index in [1.807, 2.05) is 19.4 Å². The van der Waals surface area contributed by atoms with Gasteiger partial charge in [0, 0.05) is 13.2 Å². The van der Waals surface area contributed by atoms with E-state index in [2.05, 4.69) is 28.5 Å². The molecule has 2 aromatic heterocycles. The average molecular weight is 266 g/mol. The maximum Gasteiger partial charge on any atom is 0.0920 e. The SMILES string of the molecule is CC(C)c1nnsc1C(O)CCc1cnn(C)c1. The molecule has 0 bridgehead atoms. The molecule has 0 fully saturated rings. The lowest BCUT2D eigenvalue weighted by Gasteiger charge is -2.10. The highest BCUT2D eigenvalue weighted by Gasteiger charge is 2.19. The van der Waals surface area contributed by atoms with Gasteiger partial charge in [0.15, 0.2) is 0 Å². The first-order valence-corrected chi connectivity index (χ1v) is 6.83. The molecule has 0 saturated carbocycles. The number of hydrogen-bond donors (Lipinski definition) is 1. The number of aliphatic hydroxyl groups excluding tert-OH is 1. The Morgan fingerprint density at radius 1 is 1.44 bits per heavy atom. The normalized spacial score (nSPS) is 13.2. The van der Waals surface area contributed by atoms with Crippen LogP contribution in [0.5, 0.6) is 0 Å². The van der Waals surface area contributed by atoms with Crippen molar-refractivity contribution < 1.29 is 5.11 Å². The summed E-state index contributed by atoms with van der Waals surface area (Å²) in [6.45, 7) is 4.13. The molecule has 0 aromatic carbocycles. The largest absolute Gasteiger partial charge is 0.387 e. The molecule has 0 amide bonds. The van der Waals surface area contributed by atoms with Crippen molar-refractivity contribution in [2.45, 2.75) is 38.7 Å². The zero-order chi connectivity index (χ0) is 13.1. The van der Waals surface area contributed by atoms with Gasteiger partial charge in [-0.1, -0.05) is 18.3 Å². The van der Waals surface area contributed by atoms with Crippen LogP contribution in [-0.4, -0.2) is 24.5 Å².